The first-order chi connectivity index (χ1) is 12.1. The first-order valence-corrected chi connectivity index (χ1v) is 7.99. The lowest BCUT2D eigenvalue weighted by molar-refractivity contribution is -0.135. The predicted molar refractivity (Wildman–Crippen MR) is 84.7 cm³/mol. The van der Waals surface area contributed by atoms with E-state index in [1.54, 1.807) is 4.90 Å². The minimum Gasteiger partial charge on any atom is -0.454 e. The van der Waals surface area contributed by atoms with Crippen LogP contribution in [0.3, 0.4) is 0 Å². The lowest BCUT2D eigenvalue weighted by atomic mass is 9.87. The van der Waals surface area contributed by atoms with Gasteiger partial charge in [-0.3, -0.25) is 4.79 Å². The number of carbonyl (C=O) groups is 1. The highest BCUT2D eigenvalue weighted by atomic mass is 16.7. The molecule has 10 nitrogen and oxygen atoms in total. The van der Waals surface area contributed by atoms with Crippen LogP contribution in [0.4, 0.5) is 5.95 Å². The Hall–Kier alpha value is -2.88. The van der Waals surface area contributed by atoms with Gasteiger partial charge in [0.15, 0.2) is 11.5 Å². The maximum Gasteiger partial charge on any atom is 0.244 e. The molecule has 1 amide bonds. The van der Waals surface area contributed by atoms with Crippen LogP contribution in [0.15, 0.2) is 18.2 Å². The average molecular weight is 346 g/mol. The average Bonchev–Trinajstić information content (AvgIpc) is 3.23. The zero-order valence-corrected chi connectivity index (χ0v) is 13.4. The number of nitrogens with zero attached hydrogens (tertiary/aromatic N) is 5. The van der Waals surface area contributed by atoms with Gasteiger partial charge in [-0.05, 0) is 34.5 Å². The Kier molecular flexibility index (Phi) is 3.88. The summed E-state index contributed by atoms with van der Waals surface area (Å²) in [5, 5.41) is 21.2. The summed E-state index contributed by atoms with van der Waals surface area (Å²) in [7, 11) is 0. The molecule has 2 aliphatic rings. The summed E-state index contributed by atoms with van der Waals surface area (Å²) in [6, 6.07) is 5.68. The number of ether oxygens (including phenoxy) is 2. The third-order valence-electron chi connectivity index (χ3n) is 4.60. The number of aliphatic hydroxyl groups excluding tert-OH is 1. The number of hydrogen-bond acceptors (Lipinski definition) is 8. The third kappa shape index (κ3) is 2.95. The molecule has 1 aromatic heterocycles. The lowest BCUT2D eigenvalue weighted by Gasteiger charge is -2.36. The molecule has 0 radical (unpaired) electrons. The van der Waals surface area contributed by atoms with E-state index in [1.165, 1.54) is 4.68 Å². The molecule has 132 valence electrons. The second-order valence-electron chi connectivity index (χ2n) is 6.11. The van der Waals surface area contributed by atoms with Crippen LogP contribution in [0, 0.1) is 0 Å². The molecule has 4 rings (SSSR count). The van der Waals surface area contributed by atoms with Crippen LogP contribution in [-0.2, 0) is 11.3 Å². The number of likely N-dealkylation sites (tertiary alicyclic amines) is 1. The maximum absolute atomic E-state index is 12.4. The number of β-amino-alcohol motifs (C(OH)–C–C–N with tert-alkyl or cyclic N) is 1. The van der Waals surface area contributed by atoms with Crippen LogP contribution in [0.1, 0.15) is 17.9 Å². The van der Waals surface area contributed by atoms with E-state index in [1.807, 2.05) is 18.2 Å². The molecule has 3 heterocycles. The van der Waals surface area contributed by atoms with Crippen LogP contribution < -0.4 is 15.2 Å². The Bertz CT molecular complexity index is 794. The van der Waals surface area contributed by atoms with Crippen LogP contribution in [-0.4, -0.2) is 62.1 Å². The van der Waals surface area contributed by atoms with Crippen molar-refractivity contribution >= 4 is 11.9 Å². The topological polar surface area (TPSA) is 129 Å². The summed E-state index contributed by atoms with van der Waals surface area (Å²) < 4.78 is 11.9. The van der Waals surface area contributed by atoms with Gasteiger partial charge in [0.1, 0.15) is 6.54 Å². The van der Waals surface area contributed by atoms with Crippen molar-refractivity contribution in [2.75, 3.05) is 25.6 Å². The van der Waals surface area contributed by atoms with Crippen LogP contribution in [0.2, 0.25) is 0 Å². The molecule has 0 bridgehead atoms. The highest BCUT2D eigenvalue weighted by molar-refractivity contribution is 5.76. The summed E-state index contributed by atoms with van der Waals surface area (Å²) >= 11 is 0. The number of aliphatic hydroxyl groups is 1. The van der Waals surface area contributed by atoms with E-state index in [9.17, 15) is 9.90 Å². The Morgan fingerprint density at radius 1 is 1.36 bits per heavy atom. The summed E-state index contributed by atoms with van der Waals surface area (Å²) in [4.78, 5) is 14.0. The summed E-state index contributed by atoms with van der Waals surface area (Å²) in [5.41, 5.74) is 6.55. The fourth-order valence-electron chi connectivity index (χ4n) is 3.24. The third-order valence-corrected chi connectivity index (χ3v) is 4.60. The highest BCUT2D eigenvalue weighted by Gasteiger charge is 2.32. The molecule has 0 saturated carbocycles. The Morgan fingerprint density at radius 2 is 2.20 bits per heavy atom. The van der Waals surface area contributed by atoms with Gasteiger partial charge in [0, 0.05) is 19.0 Å². The van der Waals surface area contributed by atoms with Crippen molar-refractivity contribution < 1.29 is 19.4 Å². The van der Waals surface area contributed by atoms with Crippen LogP contribution in [0.5, 0.6) is 11.5 Å². The molecule has 1 saturated heterocycles. The van der Waals surface area contributed by atoms with E-state index in [-0.39, 0.29) is 37.7 Å². The Morgan fingerprint density at radius 3 is 2.96 bits per heavy atom. The highest BCUT2D eigenvalue weighted by Crippen LogP contribution is 2.37. The lowest BCUT2D eigenvalue weighted by Crippen LogP contribution is -2.46. The van der Waals surface area contributed by atoms with E-state index >= 15 is 0 Å². The number of aromatic nitrogens is 4. The van der Waals surface area contributed by atoms with Gasteiger partial charge in [-0.2, -0.15) is 0 Å². The minimum atomic E-state index is -0.663. The van der Waals surface area contributed by atoms with Crippen molar-refractivity contribution in [2.24, 2.45) is 0 Å². The molecular weight excluding hydrogens is 328 g/mol. The van der Waals surface area contributed by atoms with Crippen LogP contribution >= 0.6 is 0 Å². The van der Waals surface area contributed by atoms with Gasteiger partial charge < -0.3 is 25.2 Å². The first-order valence-electron chi connectivity index (χ1n) is 7.99. The van der Waals surface area contributed by atoms with Gasteiger partial charge in [-0.1, -0.05) is 11.2 Å². The number of tetrazole rings is 1. The minimum absolute atomic E-state index is 0.0414. The van der Waals surface area contributed by atoms with E-state index in [2.05, 4.69) is 15.5 Å². The van der Waals surface area contributed by atoms with Gasteiger partial charge in [0.05, 0.1) is 6.10 Å². The molecule has 2 atom stereocenters. The summed E-state index contributed by atoms with van der Waals surface area (Å²) in [5.74, 6) is 1.25. The number of nitrogens with two attached hydrogens (primary N) is 1. The quantitative estimate of drug-likeness (QED) is 0.751. The molecule has 3 N–H and O–H groups in total. The number of amides is 1. The molecule has 2 aliphatic heterocycles. The zero-order chi connectivity index (χ0) is 17.4. The number of carbonyl (C=O) groups excluding carboxylic acids is 1. The van der Waals surface area contributed by atoms with Crippen LogP contribution in [0.25, 0.3) is 0 Å². The predicted octanol–water partition coefficient (Wildman–Crippen LogP) is -0.639. The monoisotopic (exact) mass is 346 g/mol. The summed E-state index contributed by atoms with van der Waals surface area (Å²) in [6.45, 7) is 0.964. The molecule has 1 aromatic carbocycles. The fraction of sp³-hybridized carbons (Fsp3) is 0.467. The van der Waals surface area contributed by atoms with E-state index in [4.69, 9.17) is 15.2 Å². The molecule has 2 aromatic rings. The molecule has 0 unspecified atom stereocenters. The standard InChI is InChI=1S/C15H18N6O4/c16-15-17-18-19-21(15)7-14(23)20-4-3-10(11(22)6-20)9-1-2-12-13(5-9)25-8-24-12/h1-2,5,10-11,22H,3-4,6-8H2,(H2,16,17,19)/t10-,11+/m1/s1. The second-order valence-corrected chi connectivity index (χ2v) is 6.11. The van der Waals surface area contributed by atoms with Crippen molar-refractivity contribution in [3.8, 4) is 11.5 Å². The normalized spacial score (nSPS) is 22.2. The van der Waals surface area contributed by atoms with E-state index in [0.29, 0.717) is 24.5 Å². The van der Waals surface area contributed by atoms with Gasteiger partial charge in [0.25, 0.3) is 0 Å². The number of benzene rings is 1. The zero-order valence-electron chi connectivity index (χ0n) is 13.4. The largest absolute Gasteiger partial charge is 0.454 e. The smallest absolute Gasteiger partial charge is 0.244 e. The molecule has 25 heavy (non-hydrogen) atoms. The number of anilines is 1. The van der Waals surface area contributed by atoms with Crippen molar-refractivity contribution in [2.45, 2.75) is 25.0 Å². The first kappa shape index (κ1) is 15.6. The molecule has 1 fully saturated rings. The number of piperidine rings is 1. The van der Waals surface area contributed by atoms with Gasteiger partial charge in [-0.25, -0.2) is 4.68 Å². The van der Waals surface area contributed by atoms with E-state index in [0.717, 1.165) is 5.56 Å². The fourth-order valence-corrected chi connectivity index (χ4v) is 3.24. The van der Waals surface area contributed by atoms with Crippen molar-refractivity contribution in [3.63, 3.8) is 0 Å². The number of fused-ring (bicyclic) bond motifs is 1. The SMILES string of the molecule is Nc1nnnn1CC(=O)N1CC[C@H](c2ccc3c(c2)OCO3)[C@@H](O)C1. The summed E-state index contributed by atoms with van der Waals surface area (Å²) in [6.07, 6.45) is -0.0123. The van der Waals surface area contributed by atoms with Gasteiger partial charge >= 0.3 is 0 Å². The second kappa shape index (κ2) is 6.20. The Balaban J connectivity index is 1.42. The molecule has 0 spiro atoms. The number of rotatable bonds is 3. The van der Waals surface area contributed by atoms with Crippen molar-refractivity contribution in [3.05, 3.63) is 23.8 Å². The molecule has 0 aliphatic carbocycles. The molecule has 10 heteroatoms. The number of hydrogen-bond donors (Lipinski definition) is 2. The van der Waals surface area contributed by atoms with Crippen molar-refractivity contribution in [1.29, 1.82) is 0 Å². The van der Waals surface area contributed by atoms with Gasteiger partial charge in [0.2, 0.25) is 18.6 Å². The molecular formula is C15H18N6O4. The number of nitrogen functional groups attached to an aromatic ring is 1. The van der Waals surface area contributed by atoms with Gasteiger partial charge in [-0.15, -0.1) is 0 Å². The Labute approximate surface area is 143 Å². The van der Waals surface area contributed by atoms with Crippen molar-refractivity contribution in [1.82, 2.24) is 25.1 Å². The maximum atomic E-state index is 12.4. The van der Waals surface area contributed by atoms with E-state index < -0.39 is 6.10 Å².